The largest absolute Gasteiger partial charge is 0.399 e. The van der Waals surface area contributed by atoms with Crippen molar-refractivity contribution in [1.82, 2.24) is 15.3 Å². The van der Waals surface area contributed by atoms with Gasteiger partial charge in [0.1, 0.15) is 0 Å². The molecule has 2 aromatic heterocycles. The van der Waals surface area contributed by atoms with Crippen molar-refractivity contribution in [1.29, 1.82) is 0 Å². The van der Waals surface area contributed by atoms with Gasteiger partial charge in [0.05, 0.1) is 14.1 Å². The van der Waals surface area contributed by atoms with E-state index < -0.39 is 7.15 Å². The second-order valence-corrected chi connectivity index (χ2v) is 8.70. The summed E-state index contributed by atoms with van der Waals surface area (Å²) >= 11 is 6.56. The van der Waals surface area contributed by atoms with E-state index in [9.17, 15) is 9.18 Å². The molecule has 2 heterocycles. The summed E-state index contributed by atoms with van der Waals surface area (Å²) in [5.41, 5.74) is 6.80. The summed E-state index contributed by atoms with van der Waals surface area (Å²) in [6.07, 6.45) is 13.0. The average molecular weight is 678 g/mol. The molecule has 1 amide bonds. The zero-order chi connectivity index (χ0) is 27.0. The van der Waals surface area contributed by atoms with Gasteiger partial charge in [-0.25, -0.2) is 0 Å². The molecule has 10 heteroatoms. The first-order valence-corrected chi connectivity index (χ1v) is 12.1. The Kier molecular flexibility index (Phi) is 34.6. The van der Waals surface area contributed by atoms with Crippen LogP contribution >= 0.6 is 31.9 Å². The van der Waals surface area contributed by atoms with Crippen molar-refractivity contribution in [2.24, 2.45) is 0 Å². The predicted molar refractivity (Wildman–Crippen MR) is 168 cm³/mol. The molecule has 1 aliphatic carbocycles. The first-order chi connectivity index (χ1) is 17.4. The number of nitrogen functional groups attached to an aromatic ring is 1. The SMILES string of the molecule is Brc1cccnc1.C.C.C.C.Nc1ccccc1.O=C(NC1CCCCC1)c1cncc(Br)c1.O=C=O.[2H]CF. The van der Waals surface area contributed by atoms with E-state index in [0.29, 0.717) is 11.6 Å². The standard InChI is InChI=1S/C12H15BrN2O.C6H7N.C5H4BrN.CH3F.CO2.4CH4/c13-10-6-9(7-14-8-10)12(16)15-11-4-2-1-3-5-11;7-6-4-2-1-3-5-6;6-5-2-1-3-7-4-5;1-2;2-1-3;;;;/h6-8,11H,1-5H2,(H,15,16);1-5H,7H2;1-4H;1H3;;4*1H4/i;;;1D;;;;;. The zero-order valence-corrected chi connectivity index (χ0v) is 22.3. The van der Waals surface area contributed by atoms with E-state index in [1.165, 1.54) is 19.3 Å². The Hall–Kier alpha value is -2.94. The second-order valence-electron chi connectivity index (χ2n) is 6.87. The van der Waals surface area contributed by atoms with Crippen LogP contribution in [0.15, 0.2) is 82.3 Å². The number of nitrogens with zero attached hydrogens (tertiary/aromatic N) is 2. The van der Waals surface area contributed by atoms with Crippen molar-refractivity contribution < 1.29 is 20.1 Å². The van der Waals surface area contributed by atoms with E-state index in [1.807, 2.05) is 42.5 Å². The normalized spacial score (nSPS) is 10.8. The fourth-order valence-electron chi connectivity index (χ4n) is 2.85. The van der Waals surface area contributed by atoms with Crippen LogP contribution in [0.4, 0.5) is 10.1 Å². The number of aromatic nitrogens is 2. The molecule has 0 radical (unpaired) electrons. The van der Waals surface area contributed by atoms with E-state index >= 15 is 0 Å². The Morgan fingerprint density at radius 1 is 0.949 bits per heavy atom. The maximum absolute atomic E-state index is 11.9. The number of anilines is 1. The van der Waals surface area contributed by atoms with Crippen molar-refractivity contribution in [3.63, 3.8) is 0 Å². The summed E-state index contributed by atoms with van der Waals surface area (Å²) in [6, 6.07) is 15.4. The molecule has 4 rings (SSSR count). The summed E-state index contributed by atoms with van der Waals surface area (Å²) in [5, 5.41) is 3.06. The highest BCUT2D eigenvalue weighted by Gasteiger charge is 2.16. The Morgan fingerprint density at radius 2 is 1.49 bits per heavy atom. The summed E-state index contributed by atoms with van der Waals surface area (Å²) in [7, 11) is -1.00. The highest BCUT2D eigenvalue weighted by molar-refractivity contribution is 9.10. The smallest absolute Gasteiger partial charge is 0.373 e. The minimum absolute atomic E-state index is 0. The molecule has 1 aliphatic rings. The van der Waals surface area contributed by atoms with Crippen LogP contribution < -0.4 is 11.1 Å². The summed E-state index contributed by atoms with van der Waals surface area (Å²) in [6.45, 7) is 0. The van der Waals surface area contributed by atoms with Crippen molar-refractivity contribution in [3.05, 3.63) is 87.8 Å². The molecule has 0 unspecified atom stereocenters. The number of benzene rings is 1. The highest BCUT2D eigenvalue weighted by Crippen LogP contribution is 2.18. The Balaban J connectivity index is -0.000000145. The lowest BCUT2D eigenvalue weighted by Gasteiger charge is -2.22. The molecular weight excluding hydrogens is 631 g/mol. The molecule has 0 atom stereocenters. The summed E-state index contributed by atoms with van der Waals surface area (Å²) < 4.78 is 17.4. The molecule has 7 nitrogen and oxygen atoms in total. The lowest BCUT2D eigenvalue weighted by atomic mass is 9.95. The monoisotopic (exact) mass is 675 g/mol. The number of nitrogens with one attached hydrogen (secondary N) is 1. The van der Waals surface area contributed by atoms with Crippen LogP contribution in [0.3, 0.4) is 0 Å². The quantitative estimate of drug-likeness (QED) is 0.263. The molecule has 1 fully saturated rings. The van der Waals surface area contributed by atoms with Gasteiger partial charge < -0.3 is 11.1 Å². The van der Waals surface area contributed by atoms with Crippen LogP contribution in [0.2, 0.25) is 0 Å². The van der Waals surface area contributed by atoms with Gasteiger partial charge in [0.25, 0.3) is 5.91 Å². The molecule has 0 bridgehead atoms. The van der Waals surface area contributed by atoms with E-state index in [-0.39, 0.29) is 41.8 Å². The Bertz CT molecular complexity index is 957. The highest BCUT2D eigenvalue weighted by atomic mass is 79.9. The van der Waals surface area contributed by atoms with Gasteiger partial charge >= 0.3 is 6.15 Å². The predicted octanol–water partition coefficient (Wildman–Crippen LogP) is 8.57. The summed E-state index contributed by atoms with van der Waals surface area (Å²) in [4.78, 5) is 36.0. The van der Waals surface area contributed by atoms with E-state index in [4.69, 9.17) is 16.7 Å². The molecule has 0 spiro atoms. The Morgan fingerprint density at radius 3 is 1.87 bits per heavy atom. The number of hydrogen-bond acceptors (Lipinski definition) is 6. The molecular formula is C29H45Br2FN4O3. The number of hydrogen-bond donors (Lipinski definition) is 2. The van der Waals surface area contributed by atoms with Crippen molar-refractivity contribution in [2.45, 2.75) is 67.9 Å². The van der Waals surface area contributed by atoms with Crippen molar-refractivity contribution in [2.75, 3.05) is 12.9 Å². The van der Waals surface area contributed by atoms with Crippen LogP contribution in [0.1, 0.15) is 73.5 Å². The molecule has 1 saturated carbocycles. The number of amides is 1. The maximum Gasteiger partial charge on any atom is 0.373 e. The molecule has 3 N–H and O–H groups in total. The fourth-order valence-corrected chi connectivity index (χ4v) is 3.48. The van der Waals surface area contributed by atoms with Crippen molar-refractivity contribution in [3.8, 4) is 0 Å². The van der Waals surface area contributed by atoms with Crippen LogP contribution in [-0.4, -0.2) is 35.2 Å². The number of para-hydroxylation sites is 1. The van der Waals surface area contributed by atoms with Gasteiger partial charge in [-0.2, -0.15) is 9.59 Å². The zero-order valence-electron chi connectivity index (χ0n) is 20.1. The minimum atomic E-state index is -1.00. The van der Waals surface area contributed by atoms with Crippen molar-refractivity contribution >= 4 is 49.6 Å². The van der Waals surface area contributed by atoms with Gasteiger partial charge in [-0.3, -0.25) is 19.2 Å². The van der Waals surface area contributed by atoms with Crippen LogP contribution in [0.5, 0.6) is 0 Å². The van der Waals surface area contributed by atoms with E-state index in [0.717, 1.165) is 27.5 Å². The number of carbonyl (C=O) groups excluding carboxylic acids is 3. The van der Waals surface area contributed by atoms with Crippen LogP contribution in [0, 0.1) is 0 Å². The first-order valence-electron chi connectivity index (χ1n) is 11.2. The lowest BCUT2D eigenvalue weighted by Crippen LogP contribution is -2.36. The number of alkyl halides is 1. The molecule has 3 aromatic rings. The third kappa shape index (κ3) is 25.1. The third-order valence-electron chi connectivity index (χ3n) is 4.33. The molecule has 0 aliphatic heterocycles. The molecule has 1 aromatic carbocycles. The number of rotatable bonds is 2. The fraction of sp³-hybridized carbons (Fsp3) is 0.379. The maximum atomic E-state index is 11.9. The Labute approximate surface area is 252 Å². The summed E-state index contributed by atoms with van der Waals surface area (Å²) in [5.74, 6) is -0.0132. The topological polar surface area (TPSA) is 115 Å². The van der Waals surface area contributed by atoms with Crippen LogP contribution in [0.25, 0.3) is 0 Å². The first kappa shape index (κ1) is 43.1. The molecule has 39 heavy (non-hydrogen) atoms. The number of halogens is 3. The average Bonchev–Trinajstić information content (AvgIpc) is 2.87. The molecule has 220 valence electrons. The van der Waals surface area contributed by atoms with E-state index in [1.54, 1.807) is 30.9 Å². The second kappa shape index (κ2) is 31.3. The number of nitrogens with two attached hydrogens (primary N) is 1. The van der Waals surface area contributed by atoms with Gasteiger partial charge in [0, 0.05) is 45.5 Å². The van der Waals surface area contributed by atoms with Gasteiger partial charge in [-0.1, -0.05) is 67.2 Å². The van der Waals surface area contributed by atoms with E-state index in [2.05, 4.69) is 47.1 Å². The number of pyridine rings is 2. The van der Waals surface area contributed by atoms with Gasteiger partial charge in [0.2, 0.25) is 0 Å². The lowest BCUT2D eigenvalue weighted by molar-refractivity contribution is -0.191. The number of carbonyl (C=O) groups is 1. The van der Waals surface area contributed by atoms with Crippen LogP contribution in [-0.2, 0) is 9.59 Å². The third-order valence-corrected chi connectivity index (χ3v) is 5.24. The minimum Gasteiger partial charge on any atom is -0.399 e. The van der Waals surface area contributed by atoms with Gasteiger partial charge in [-0.05, 0) is 75.0 Å². The molecule has 0 saturated heterocycles. The van der Waals surface area contributed by atoms with Gasteiger partial charge in [0.15, 0.2) is 0 Å². The van der Waals surface area contributed by atoms with Gasteiger partial charge in [-0.15, -0.1) is 0 Å².